The molecule has 0 aliphatic carbocycles. The molecule has 0 bridgehead atoms. The van der Waals surface area contributed by atoms with Gasteiger partial charge >= 0.3 is 0 Å². The van der Waals surface area contributed by atoms with E-state index in [9.17, 15) is 0 Å². The minimum absolute atomic E-state index is 0.531. The lowest BCUT2D eigenvalue weighted by atomic mass is 10.1. The predicted octanol–water partition coefficient (Wildman–Crippen LogP) is 3.68. The molecule has 1 aliphatic rings. The molecule has 1 aromatic carbocycles. The zero-order chi connectivity index (χ0) is 14.2. The van der Waals surface area contributed by atoms with E-state index in [1.165, 1.54) is 59.9 Å². The van der Waals surface area contributed by atoms with Gasteiger partial charge in [0, 0.05) is 18.8 Å². The van der Waals surface area contributed by atoms with Crippen molar-refractivity contribution in [2.75, 3.05) is 11.0 Å². The molecular weight excluding hydrogens is 357 g/mol. The maximum Gasteiger partial charge on any atom is 0.0448 e. The highest BCUT2D eigenvalue weighted by atomic mass is 127. The van der Waals surface area contributed by atoms with E-state index in [2.05, 4.69) is 71.0 Å². The van der Waals surface area contributed by atoms with Crippen molar-refractivity contribution in [2.24, 2.45) is 0 Å². The summed E-state index contributed by atoms with van der Waals surface area (Å²) in [6.07, 6.45) is 13.0. The minimum atomic E-state index is 0.531. The normalized spacial score (nSPS) is 17.3. The number of benzene rings is 1. The van der Waals surface area contributed by atoms with Gasteiger partial charge in [0.05, 0.1) is 0 Å². The van der Waals surface area contributed by atoms with Crippen LogP contribution in [0, 0.1) is 0 Å². The summed E-state index contributed by atoms with van der Waals surface area (Å²) >= 11 is 2.47. The molecule has 0 aromatic heterocycles. The van der Waals surface area contributed by atoms with Crippen molar-refractivity contribution >= 4 is 34.9 Å². The summed E-state index contributed by atoms with van der Waals surface area (Å²) in [5.41, 5.74) is 0. The van der Waals surface area contributed by atoms with Gasteiger partial charge in [-0.2, -0.15) is 0 Å². The van der Waals surface area contributed by atoms with Crippen LogP contribution >= 0.6 is 22.6 Å². The standard InChI is InChI=1S/C18H26IN/c1-16-14-17-10-6-7-11-18(17)15-20(16)13-9-5-3-2-4-8-12-19/h6-7,10-11,14-16H,2-5,8-9,12-13H2,1H3. The second-order valence-electron chi connectivity index (χ2n) is 5.71. The minimum Gasteiger partial charge on any atom is -0.371 e. The van der Waals surface area contributed by atoms with Crippen LogP contribution in [0.15, 0.2) is 24.3 Å². The molecule has 1 nitrogen and oxygen atoms in total. The van der Waals surface area contributed by atoms with Crippen molar-refractivity contribution in [3.05, 3.63) is 34.7 Å². The van der Waals surface area contributed by atoms with E-state index >= 15 is 0 Å². The molecule has 0 saturated carbocycles. The van der Waals surface area contributed by atoms with Crippen molar-refractivity contribution in [3.8, 4) is 0 Å². The highest BCUT2D eigenvalue weighted by Crippen LogP contribution is 2.10. The smallest absolute Gasteiger partial charge is 0.0448 e. The summed E-state index contributed by atoms with van der Waals surface area (Å²) in [5.74, 6) is 0. The van der Waals surface area contributed by atoms with Crippen LogP contribution in [0.1, 0.15) is 45.4 Å². The Balaban J connectivity index is 1.76. The molecule has 110 valence electrons. The lowest BCUT2D eigenvalue weighted by Crippen LogP contribution is -2.40. The van der Waals surface area contributed by atoms with Crippen molar-refractivity contribution in [3.63, 3.8) is 0 Å². The molecule has 1 heterocycles. The Labute approximate surface area is 136 Å². The largest absolute Gasteiger partial charge is 0.371 e. The molecule has 0 amide bonds. The molecule has 0 spiro atoms. The van der Waals surface area contributed by atoms with E-state index in [4.69, 9.17) is 0 Å². The van der Waals surface area contributed by atoms with Gasteiger partial charge in [0.2, 0.25) is 0 Å². The van der Waals surface area contributed by atoms with Gasteiger partial charge in [0.15, 0.2) is 0 Å². The first-order valence-electron chi connectivity index (χ1n) is 7.92. The Morgan fingerprint density at radius 3 is 2.35 bits per heavy atom. The summed E-state index contributed by atoms with van der Waals surface area (Å²) in [7, 11) is 0. The summed E-state index contributed by atoms with van der Waals surface area (Å²) in [4.78, 5) is 2.49. The van der Waals surface area contributed by atoms with E-state index in [1.807, 2.05) is 0 Å². The predicted molar refractivity (Wildman–Crippen MR) is 97.4 cm³/mol. The van der Waals surface area contributed by atoms with Crippen LogP contribution in [0.2, 0.25) is 0 Å². The van der Waals surface area contributed by atoms with Gasteiger partial charge in [-0.1, -0.05) is 78.6 Å². The van der Waals surface area contributed by atoms with Gasteiger partial charge < -0.3 is 4.90 Å². The van der Waals surface area contributed by atoms with Crippen LogP contribution < -0.4 is 10.4 Å². The SMILES string of the molecule is CC1C=c2ccccc2=CN1CCCCCCCCI. The first-order valence-corrected chi connectivity index (χ1v) is 9.44. The Morgan fingerprint density at radius 1 is 0.950 bits per heavy atom. The van der Waals surface area contributed by atoms with Gasteiger partial charge in [0.1, 0.15) is 0 Å². The molecule has 2 rings (SSSR count). The molecule has 0 N–H and O–H groups in total. The van der Waals surface area contributed by atoms with Crippen molar-refractivity contribution in [2.45, 2.75) is 51.5 Å². The number of rotatable bonds is 8. The fraction of sp³-hybridized carbons (Fsp3) is 0.556. The first kappa shape index (κ1) is 15.9. The second-order valence-corrected chi connectivity index (χ2v) is 6.79. The third kappa shape index (κ3) is 4.80. The zero-order valence-electron chi connectivity index (χ0n) is 12.5. The topological polar surface area (TPSA) is 3.24 Å². The average Bonchev–Trinajstić information content (AvgIpc) is 2.46. The Hall–Kier alpha value is -0.510. The quantitative estimate of drug-likeness (QED) is 0.376. The maximum atomic E-state index is 2.49. The Morgan fingerprint density at radius 2 is 1.60 bits per heavy atom. The zero-order valence-corrected chi connectivity index (χ0v) is 14.7. The Kier molecular flexibility index (Phi) is 6.91. The van der Waals surface area contributed by atoms with Gasteiger partial charge in [-0.3, -0.25) is 0 Å². The van der Waals surface area contributed by atoms with Crippen molar-refractivity contribution < 1.29 is 0 Å². The molecule has 1 aliphatic heterocycles. The van der Waals surface area contributed by atoms with Crippen LogP contribution in [-0.4, -0.2) is 21.9 Å². The third-order valence-electron chi connectivity index (χ3n) is 4.04. The number of nitrogens with zero attached hydrogens (tertiary/aromatic N) is 1. The fourth-order valence-corrected chi connectivity index (χ4v) is 3.34. The number of halogens is 1. The summed E-state index contributed by atoms with van der Waals surface area (Å²) in [6.45, 7) is 3.49. The van der Waals surface area contributed by atoms with Gasteiger partial charge in [0.25, 0.3) is 0 Å². The molecule has 0 saturated heterocycles. The molecule has 1 unspecified atom stereocenters. The lowest BCUT2D eigenvalue weighted by molar-refractivity contribution is 0.364. The summed E-state index contributed by atoms with van der Waals surface area (Å²) < 4.78 is 1.31. The molecule has 0 radical (unpaired) electrons. The number of alkyl halides is 1. The highest BCUT2D eigenvalue weighted by molar-refractivity contribution is 14.1. The molecular formula is C18H26IN. The van der Waals surface area contributed by atoms with Crippen LogP contribution in [0.3, 0.4) is 0 Å². The third-order valence-corrected chi connectivity index (χ3v) is 4.81. The molecule has 1 atom stereocenters. The molecule has 20 heavy (non-hydrogen) atoms. The number of fused-ring (bicyclic) bond motifs is 1. The van der Waals surface area contributed by atoms with Crippen LogP contribution in [0.25, 0.3) is 12.3 Å². The van der Waals surface area contributed by atoms with Crippen LogP contribution in [0.4, 0.5) is 0 Å². The van der Waals surface area contributed by atoms with Crippen molar-refractivity contribution in [1.82, 2.24) is 4.90 Å². The van der Waals surface area contributed by atoms with E-state index < -0.39 is 0 Å². The number of hydrogen-bond acceptors (Lipinski definition) is 1. The lowest BCUT2D eigenvalue weighted by Gasteiger charge is -2.28. The second kappa shape index (κ2) is 8.71. The summed E-state index contributed by atoms with van der Waals surface area (Å²) in [6, 6.07) is 9.22. The van der Waals surface area contributed by atoms with E-state index in [0.29, 0.717) is 6.04 Å². The first-order chi connectivity index (χ1) is 9.81. The van der Waals surface area contributed by atoms with E-state index in [-0.39, 0.29) is 0 Å². The van der Waals surface area contributed by atoms with Crippen molar-refractivity contribution in [1.29, 1.82) is 0 Å². The van der Waals surface area contributed by atoms with Gasteiger partial charge in [-0.25, -0.2) is 0 Å². The molecule has 1 aromatic rings. The summed E-state index contributed by atoms with van der Waals surface area (Å²) in [5, 5.41) is 2.75. The van der Waals surface area contributed by atoms with Crippen LogP contribution in [-0.2, 0) is 0 Å². The molecule has 2 heteroatoms. The molecule has 0 fully saturated rings. The highest BCUT2D eigenvalue weighted by Gasteiger charge is 2.10. The Bertz CT molecular complexity index is 508. The number of unbranched alkanes of at least 4 members (excludes halogenated alkanes) is 5. The average molecular weight is 383 g/mol. The van der Waals surface area contributed by atoms with E-state index in [1.54, 1.807) is 0 Å². The number of hydrogen-bond donors (Lipinski definition) is 0. The van der Waals surface area contributed by atoms with Gasteiger partial charge in [-0.15, -0.1) is 0 Å². The monoisotopic (exact) mass is 383 g/mol. The fourth-order valence-electron chi connectivity index (χ4n) is 2.80. The van der Waals surface area contributed by atoms with E-state index in [0.717, 1.165) is 0 Å². The van der Waals surface area contributed by atoms with Crippen LogP contribution in [0.5, 0.6) is 0 Å². The maximum absolute atomic E-state index is 2.49. The van der Waals surface area contributed by atoms with Gasteiger partial charge in [-0.05, 0) is 34.6 Å².